The first-order chi connectivity index (χ1) is 16.3. The van der Waals surface area contributed by atoms with Crippen molar-refractivity contribution in [3.05, 3.63) is 71.6 Å². The highest BCUT2D eigenvalue weighted by molar-refractivity contribution is 6.17. The van der Waals surface area contributed by atoms with Gasteiger partial charge in [-0.2, -0.15) is 13.2 Å². The van der Waals surface area contributed by atoms with Gasteiger partial charge >= 0.3 is 6.18 Å². The minimum atomic E-state index is -4.45. The van der Waals surface area contributed by atoms with Crippen molar-refractivity contribution in [2.75, 3.05) is 13.0 Å². The van der Waals surface area contributed by atoms with E-state index >= 15 is 0 Å². The molecule has 4 rings (SSSR count). The maximum Gasteiger partial charge on any atom is 0.416 e. The lowest BCUT2D eigenvalue weighted by Gasteiger charge is -2.15. The molecule has 4 aromatic rings. The van der Waals surface area contributed by atoms with Crippen LogP contribution in [-0.2, 0) is 6.18 Å². The lowest BCUT2D eigenvalue weighted by molar-refractivity contribution is -0.137. The van der Waals surface area contributed by atoms with Crippen LogP contribution in [0, 0.1) is 6.92 Å². The fourth-order valence-corrected chi connectivity index (χ4v) is 3.81. The van der Waals surface area contributed by atoms with Crippen LogP contribution in [0.2, 0.25) is 0 Å². The third kappa shape index (κ3) is 5.09. The summed E-state index contributed by atoms with van der Waals surface area (Å²) < 4.78 is 56.7. The average Bonchev–Trinajstić information content (AvgIpc) is 3.48. The Balaban J connectivity index is 1.67. The van der Waals surface area contributed by atoms with E-state index in [4.69, 9.17) is 25.2 Å². The predicted octanol–water partition coefficient (Wildman–Crippen LogP) is 6.88. The van der Waals surface area contributed by atoms with E-state index in [0.29, 0.717) is 52.8 Å². The number of rotatable bonds is 8. The van der Waals surface area contributed by atoms with Crippen LogP contribution in [0.3, 0.4) is 0 Å². The fourth-order valence-electron chi connectivity index (χ4n) is 3.65. The minimum Gasteiger partial charge on any atom is -0.496 e. The number of hydrogen-bond donors (Lipinski definition) is 0. The SMILES string of the molecule is COc1cc(-c2nnc(C(CCCCl)c3cccc(C(F)(F)F)c3)o2)ccc1-c1cnc(C)o1. The molecule has 0 aliphatic heterocycles. The van der Waals surface area contributed by atoms with Gasteiger partial charge in [-0.15, -0.1) is 21.8 Å². The molecule has 0 aliphatic carbocycles. The van der Waals surface area contributed by atoms with E-state index < -0.39 is 17.7 Å². The lowest BCUT2D eigenvalue weighted by atomic mass is 9.93. The van der Waals surface area contributed by atoms with E-state index in [-0.39, 0.29) is 11.8 Å². The summed E-state index contributed by atoms with van der Waals surface area (Å²) in [6, 6.07) is 10.4. The molecule has 34 heavy (non-hydrogen) atoms. The number of benzene rings is 2. The van der Waals surface area contributed by atoms with Gasteiger partial charge in [0.15, 0.2) is 11.7 Å². The highest BCUT2D eigenvalue weighted by Gasteiger charge is 2.32. The molecule has 1 atom stereocenters. The summed E-state index contributed by atoms with van der Waals surface area (Å²) in [4.78, 5) is 4.10. The molecule has 0 N–H and O–H groups in total. The fraction of sp³-hybridized carbons (Fsp3) is 0.292. The largest absolute Gasteiger partial charge is 0.496 e. The van der Waals surface area contributed by atoms with Gasteiger partial charge in [0.1, 0.15) is 5.75 Å². The van der Waals surface area contributed by atoms with Gasteiger partial charge in [0.05, 0.1) is 30.4 Å². The van der Waals surface area contributed by atoms with Crippen LogP contribution in [0.25, 0.3) is 22.8 Å². The topological polar surface area (TPSA) is 74.2 Å². The van der Waals surface area contributed by atoms with E-state index in [1.54, 1.807) is 37.4 Å². The highest BCUT2D eigenvalue weighted by atomic mass is 35.5. The van der Waals surface area contributed by atoms with Crippen LogP contribution in [0.1, 0.15) is 41.7 Å². The summed E-state index contributed by atoms with van der Waals surface area (Å²) in [6.07, 6.45) is -1.82. The maximum absolute atomic E-state index is 13.2. The van der Waals surface area contributed by atoms with Crippen LogP contribution in [-0.4, -0.2) is 28.2 Å². The molecule has 0 bridgehead atoms. The standard InChI is InChI=1S/C24H21ClF3N3O3/c1-14-29-13-21(33-14)19-9-8-16(12-20(19)32-2)22-30-31-23(34-22)18(7-4-10-25)15-5-3-6-17(11-15)24(26,27)28/h3,5-6,8-9,11-13,18H,4,7,10H2,1-2H3. The molecular weight excluding hydrogens is 471 g/mol. The molecule has 0 amide bonds. The van der Waals surface area contributed by atoms with Gasteiger partial charge in [-0.1, -0.05) is 18.2 Å². The number of halogens is 4. The Morgan fingerprint density at radius 3 is 2.59 bits per heavy atom. The highest BCUT2D eigenvalue weighted by Crippen LogP contribution is 2.37. The first-order valence-electron chi connectivity index (χ1n) is 10.5. The molecule has 0 radical (unpaired) electrons. The molecule has 2 heterocycles. The summed E-state index contributed by atoms with van der Waals surface area (Å²) in [5, 5.41) is 8.27. The average molecular weight is 492 g/mol. The first kappa shape index (κ1) is 23.8. The van der Waals surface area contributed by atoms with Crippen molar-refractivity contribution in [3.8, 4) is 28.5 Å². The third-order valence-corrected chi connectivity index (χ3v) is 5.58. The molecule has 0 fully saturated rings. The first-order valence-corrected chi connectivity index (χ1v) is 11.0. The molecule has 0 saturated heterocycles. The van der Waals surface area contributed by atoms with Crippen LogP contribution in [0.5, 0.6) is 5.75 Å². The van der Waals surface area contributed by atoms with Crippen molar-refractivity contribution >= 4 is 11.6 Å². The number of ether oxygens (including phenoxy) is 1. The molecule has 2 aromatic heterocycles. The summed E-state index contributed by atoms with van der Waals surface area (Å²) >= 11 is 5.85. The van der Waals surface area contributed by atoms with Gasteiger partial charge in [-0.05, 0) is 42.7 Å². The third-order valence-electron chi connectivity index (χ3n) is 5.32. The van der Waals surface area contributed by atoms with Gasteiger partial charge in [-0.3, -0.25) is 0 Å². The van der Waals surface area contributed by atoms with Crippen molar-refractivity contribution in [2.24, 2.45) is 0 Å². The minimum absolute atomic E-state index is 0.216. The summed E-state index contributed by atoms with van der Waals surface area (Å²) in [5.74, 6) is 1.87. The number of methoxy groups -OCH3 is 1. The number of aromatic nitrogens is 3. The van der Waals surface area contributed by atoms with Gasteiger partial charge < -0.3 is 13.6 Å². The Morgan fingerprint density at radius 2 is 1.91 bits per heavy atom. The van der Waals surface area contributed by atoms with Crippen molar-refractivity contribution in [2.45, 2.75) is 31.9 Å². The van der Waals surface area contributed by atoms with Gasteiger partial charge in [-0.25, -0.2) is 4.98 Å². The quantitative estimate of drug-likeness (QED) is 0.250. The Kier molecular flexibility index (Phi) is 6.92. The number of nitrogens with zero attached hydrogens (tertiary/aromatic N) is 3. The molecular formula is C24H21ClF3N3O3. The van der Waals surface area contributed by atoms with E-state index in [9.17, 15) is 13.2 Å². The zero-order valence-electron chi connectivity index (χ0n) is 18.4. The molecule has 0 aliphatic rings. The predicted molar refractivity (Wildman–Crippen MR) is 120 cm³/mol. The molecule has 0 saturated carbocycles. The Bertz CT molecular complexity index is 1270. The van der Waals surface area contributed by atoms with Crippen LogP contribution in [0.15, 0.2) is 57.5 Å². The Hall–Kier alpha value is -3.33. The molecule has 0 spiro atoms. The molecule has 178 valence electrons. The summed E-state index contributed by atoms with van der Waals surface area (Å²) in [5.41, 5.74) is 0.999. The second kappa shape index (κ2) is 9.89. The van der Waals surface area contributed by atoms with Crippen molar-refractivity contribution in [3.63, 3.8) is 0 Å². The zero-order valence-corrected chi connectivity index (χ0v) is 19.2. The molecule has 10 heteroatoms. The molecule has 2 aromatic carbocycles. The smallest absolute Gasteiger partial charge is 0.416 e. The van der Waals surface area contributed by atoms with Gasteiger partial charge in [0, 0.05) is 18.4 Å². The normalized spacial score (nSPS) is 12.6. The summed E-state index contributed by atoms with van der Waals surface area (Å²) in [7, 11) is 1.53. The Labute approximate surface area is 198 Å². The lowest BCUT2D eigenvalue weighted by Crippen LogP contribution is -2.08. The van der Waals surface area contributed by atoms with Crippen LogP contribution in [0.4, 0.5) is 13.2 Å². The molecule has 1 unspecified atom stereocenters. The second-order valence-electron chi connectivity index (χ2n) is 7.61. The van der Waals surface area contributed by atoms with E-state index in [2.05, 4.69) is 15.2 Å². The second-order valence-corrected chi connectivity index (χ2v) is 7.99. The number of alkyl halides is 4. The van der Waals surface area contributed by atoms with E-state index in [1.165, 1.54) is 13.2 Å². The summed E-state index contributed by atoms with van der Waals surface area (Å²) in [6.45, 7) is 1.75. The number of hydrogen-bond acceptors (Lipinski definition) is 6. The monoisotopic (exact) mass is 491 g/mol. The maximum atomic E-state index is 13.2. The van der Waals surface area contributed by atoms with E-state index in [0.717, 1.165) is 12.1 Å². The van der Waals surface area contributed by atoms with E-state index in [1.807, 2.05) is 0 Å². The van der Waals surface area contributed by atoms with Crippen LogP contribution >= 0.6 is 11.6 Å². The van der Waals surface area contributed by atoms with Crippen molar-refractivity contribution in [1.29, 1.82) is 0 Å². The van der Waals surface area contributed by atoms with Gasteiger partial charge in [0.25, 0.3) is 0 Å². The Morgan fingerprint density at radius 1 is 1.09 bits per heavy atom. The molecule has 6 nitrogen and oxygen atoms in total. The van der Waals surface area contributed by atoms with Gasteiger partial charge in [0.2, 0.25) is 11.8 Å². The van der Waals surface area contributed by atoms with Crippen LogP contribution < -0.4 is 4.74 Å². The van der Waals surface area contributed by atoms with Crippen molar-refractivity contribution < 1.29 is 26.7 Å². The number of oxazole rings is 1. The number of aryl methyl sites for hydroxylation is 1. The van der Waals surface area contributed by atoms with Crippen molar-refractivity contribution in [1.82, 2.24) is 15.2 Å². The zero-order chi connectivity index (χ0) is 24.3.